The Kier molecular flexibility index (Phi) is 5.73. The van der Waals surface area contributed by atoms with E-state index in [1.807, 2.05) is 13.8 Å². The number of carbonyl (C=O) groups excluding carboxylic acids is 2. The van der Waals surface area contributed by atoms with Crippen molar-refractivity contribution >= 4 is 23.1 Å². The number of nitrogens with zero attached hydrogens (tertiary/aromatic N) is 2. The maximum Gasteiger partial charge on any atom is 0.300 e. The molecule has 0 radical (unpaired) electrons. The quantitative estimate of drug-likeness (QED) is 0.361. The number of halogens is 1. The van der Waals surface area contributed by atoms with Crippen molar-refractivity contribution in [3.8, 4) is 5.75 Å². The lowest BCUT2D eigenvalue weighted by atomic mass is 9.96. The Hall–Kier alpha value is -4.00. The summed E-state index contributed by atoms with van der Waals surface area (Å²) < 4.78 is 19.5. The second-order valence-corrected chi connectivity index (χ2v) is 7.63. The van der Waals surface area contributed by atoms with Gasteiger partial charge in [-0.2, -0.15) is 0 Å². The molecule has 32 heavy (non-hydrogen) atoms. The third kappa shape index (κ3) is 3.97. The molecule has 7 heteroatoms. The first-order chi connectivity index (χ1) is 15.4. The van der Waals surface area contributed by atoms with Crippen LogP contribution in [0.1, 0.15) is 31.0 Å². The molecular weight excluding hydrogens is 411 g/mol. The van der Waals surface area contributed by atoms with Gasteiger partial charge in [0.05, 0.1) is 17.7 Å². The Morgan fingerprint density at radius 2 is 1.84 bits per heavy atom. The van der Waals surface area contributed by atoms with Crippen LogP contribution >= 0.6 is 0 Å². The number of amides is 1. The van der Waals surface area contributed by atoms with E-state index < -0.39 is 23.5 Å². The van der Waals surface area contributed by atoms with Crippen LogP contribution in [0.3, 0.4) is 0 Å². The largest absolute Gasteiger partial charge is 0.507 e. The normalized spacial score (nSPS) is 17.8. The molecule has 0 aliphatic carbocycles. The number of rotatable bonds is 5. The van der Waals surface area contributed by atoms with Crippen LogP contribution in [0.4, 0.5) is 10.1 Å². The molecule has 1 N–H and O–H groups in total. The highest BCUT2D eigenvalue weighted by Crippen LogP contribution is 2.42. The number of Topliss-reactive ketones (excluding diaryl/α,β-unsaturated/α-hetero) is 1. The van der Waals surface area contributed by atoms with E-state index in [0.717, 1.165) is 0 Å². The number of ether oxygens (including phenoxy) is 1. The van der Waals surface area contributed by atoms with Crippen molar-refractivity contribution in [3.05, 3.63) is 95.6 Å². The topological polar surface area (TPSA) is 79.7 Å². The van der Waals surface area contributed by atoms with Crippen molar-refractivity contribution in [1.82, 2.24) is 4.98 Å². The molecule has 1 atom stereocenters. The Morgan fingerprint density at radius 3 is 2.47 bits per heavy atom. The first-order valence-electron chi connectivity index (χ1n) is 10.1. The lowest BCUT2D eigenvalue weighted by Crippen LogP contribution is -2.29. The summed E-state index contributed by atoms with van der Waals surface area (Å²) in [4.78, 5) is 31.3. The summed E-state index contributed by atoms with van der Waals surface area (Å²) in [5, 5.41) is 11.1. The molecule has 0 bridgehead atoms. The SMILES string of the molecule is CC(C)Oc1ccc(/C(O)=C2\C(=O)C(=O)N(c3cccc(F)c3)C2c2cccnc2)cc1. The summed E-state index contributed by atoms with van der Waals surface area (Å²) in [6, 6.07) is 14.4. The monoisotopic (exact) mass is 432 g/mol. The number of aliphatic hydroxyl groups is 1. The molecule has 1 aliphatic heterocycles. The molecular formula is C25H21FN2O4. The van der Waals surface area contributed by atoms with E-state index in [1.165, 1.54) is 35.4 Å². The predicted molar refractivity (Wildman–Crippen MR) is 118 cm³/mol. The van der Waals surface area contributed by atoms with Gasteiger partial charge >= 0.3 is 0 Å². The second kappa shape index (κ2) is 8.63. The van der Waals surface area contributed by atoms with E-state index in [9.17, 15) is 19.1 Å². The van der Waals surface area contributed by atoms with Crippen molar-refractivity contribution in [3.63, 3.8) is 0 Å². The van der Waals surface area contributed by atoms with E-state index in [1.54, 1.807) is 42.6 Å². The number of hydrogen-bond donors (Lipinski definition) is 1. The molecule has 2 heterocycles. The maximum absolute atomic E-state index is 13.9. The van der Waals surface area contributed by atoms with Crippen molar-refractivity contribution in [2.24, 2.45) is 0 Å². The minimum atomic E-state index is -0.961. The Bertz CT molecular complexity index is 1190. The maximum atomic E-state index is 13.9. The molecule has 4 rings (SSSR count). The lowest BCUT2D eigenvalue weighted by molar-refractivity contribution is -0.132. The lowest BCUT2D eigenvalue weighted by Gasteiger charge is -2.25. The van der Waals surface area contributed by atoms with Gasteiger partial charge in [-0.1, -0.05) is 12.1 Å². The molecule has 0 saturated carbocycles. The van der Waals surface area contributed by atoms with Gasteiger partial charge in [-0.15, -0.1) is 0 Å². The number of ketones is 1. The molecule has 1 fully saturated rings. The summed E-state index contributed by atoms with van der Waals surface area (Å²) in [5.41, 5.74) is 0.981. The predicted octanol–water partition coefficient (Wildman–Crippen LogP) is 4.63. The van der Waals surface area contributed by atoms with Gasteiger partial charge in [-0.05, 0) is 67.9 Å². The zero-order valence-corrected chi connectivity index (χ0v) is 17.5. The van der Waals surface area contributed by atoms with Gasteiger partial charge in [-0.3, -0.25) is 19.5 Å². The molecule has 1 saturated heterocycles. The van der Waals surface area contributed by atoms with E-state index >= 15 is 0 Å². The molecule has 6 nitrogen and oxygen atoms in total. The summed E-state index contributed by atoms with van der Waals surface area (Å²) in [6.45, 7) is 3.80. The number of anilines is 1. The van der Waals surface area contributed by atoms with Gasteiger partial charge in [0.25, 0.3) is 11.7 Å². The molecule has 1 amide bonds. The van der Waals surface area contributed by atoms with Gasteiger partial charge in [0.15, 0.2) is 0 Å². The zero-order chi connectivity index (χ0) is 22.8. The summed E-state index contributed by atoms with van der Waals surface area (Å²) in [6.07, 6.45) is 3.05. The number of benzene rings is 2. The molecule has 162 valence electrons. The number of aliphatic hydroxyl groups excluding tert-OH is 1. The Morgan fingerprint density at radius 1 is 1.09 bits per heavy atom. The average molecular weight is 432 g/mol. The van der Waals surface area contributed by atoms with Crippen LogP contribution in [-0.4, -0.2) is 27.9 Å². The first kappa shape index (κ1) is 21.2. The number of pyridine rings is 1. The van der Waals surface area contributed by atoms with E-state index in [-0.39, 0.29) is 23.1 Å². The van der Waals surface area contributed by atoms with Crippen molar-refractivity contribution in [1.29, 1.82) is 0 Å². The second-order valence-electron chi connectivity index (χ2n) is 7.63. The van der Waals surface area contributed by atoms with Gasteiger partial charge < -0.3 is 9.84 Å². The van der Waals surface area contributed by atoms with Crippen LogP contribution in [0.5, 0.6) is 5.75 Å². The fourth-order valence-electron chi connectivity index (χ4n) is 3.70. The molecule has 3 aromatic rings. The molecule has 1 aromatic heterocycles. The van der Waals surface area contributed by atoms with Crippen LogP contribution in [-0.2, 0) is 9.59 Å². The minimum Gasteiger partial charge on any atom is -0.507 e. The fourth-order valence-corrected chi connectivity index (χ4v) is 3.70. The van der Waals surface area contributed by atoms with Crippen LogP contribution in [0, 0.1) is 5.82 Å². The van der Waals surface area contributed by atoms with Crippen LogP contribution in [0.25, 0.3) is 5.76 Å². The highest BCUT2D eigenvalue weighted by molar-refractivity contribution is 6.51. The Balaban J connectivity index is 1.85. The summed E-state index contributed by atoms with van der Waals surface area (Å²) >= 11 is 0. The highest BCUT2D eigenvalue weighted by Gasteiger charge is 2.47. The van der Waals surface area contributed by atoms with Crippen molar-refractivity contribution in [2.45, 2.75) is 26.0 Å². The molecule has 2 aromatic carbocycles. The Labute approximate surface area is 184 Å². The minimum absolute atomic E-state index is 0.0170. The van der Waals surface area contributed by atoms with E-state index in [2.05, 4.69) is 4.98 Å². The number of aromatic nitrogens is 1. The molecule has 0 spiro atoms. The molecule has 1 unspecified atom stereocenters. The van der Waals surface area contributed by atoms with Crippen molar-refractivity contribution in [2.75, 3.05) is 4.90 Å². The van der Waals surface area contributed by atoms with Crippen LogP contribution in [0.2, 0.25) is 0 Å². The fraction of sp³-hybridized carbons (Fsp3) is 0.160. The van der Waals surface area contributed by atoms with Gasteiger partial charge in [-0.25, -0.2) is 4.39 Å². The standard InChI is InChI=1S/C25H21FN2O4/c1-15(2)32-20-10-8-16(9-11-20)23(29)21-22(17-5-4-12-27-14-17)28(25(31)24(21)30)19-7-3-6-18(26)13-19/h3-15,22,29H,1-2H3/b23-21+. The smallest absolute Gasteiger partial charge is 0.300 e. The first-order valence-corrected chi connectivity index (χ1v) is 10.1. The van der Waals surface area contributed by atoms with Gasteiger partial charge in [0, 0.05) is 23.6 Å². The number of carbonyl (C=O) groups is 2. The van der Waals surface area contributed by atoms with Crippen LogP contribution < -0.4 is 9.64 Å². The van der Waals surface area contributed by atoms with Crippen molar-refractivity contribution < 1.29 is 23.8 Å². The average Bonchev–Trinajstić information content (AvgIpc) is 3.05. The summed E-state index contributed by atoms with van der Waals surface area (Å²) in [5.74, 6) is -1.98. The van der Waals surface area contributed by atoms with Crippen LogP contribution in [0.15, 0.2) is 78.6 Å². The van der Waals surface area contributed by atoms with E-state index in [0.29, 0.717) is 16.9 Å². The summed E-state index contributed by atoms with van der Waals surface area (Å²) in [7, 11) is 0. The van der Waals surface area contributed by atoms with Gasteiger partial charge in [0.1, 0.15) is 17.3 Å². The third-order valence-corrected chi connectivity index (χ3v) is 5.03. The zero-order valence-electron chi connectivity index (χ0n) is 17.5. The van der Waals surface area contributed by atoms with Gasteiger partial charge in [0.2, 0.25) is 0 Å². The number of hydrogen-bond acceptors (Lipinski definition) is 5. The molecule has 1 aliphatic rings. The highest BCUT2D eigenvalue weighted by atomic mass is 19.1. The van der Waals surface area contributed by atoms with E-state index in [4.69, 9.17) is 4.74 Å². The third-order valence-electron chi connectivity index (χ3n) is 5.03.